The average molecular weight is 347 g/mol. The van der Waals surface area contributed by atoms with Crippen LogP contribution in [0.3, 0.4) is 0 Å². The lowest BCUT2D eigenvalue weighted by Gasteiger charge is -2.25. The fourth-order valence-corrected chi connectivity index (χ4v) is 3.33. The summed E-state index contributed by atoms with van der Waals surface area (Å²) in [5.74, 6) is -1.45. The second-order valence-electron chi connectivity index (χ2n) is 6.08. The number of aliphatic hydroxyl groups excluding tert-OH is 1. The van der Waals surface area contributed by atoms with E-state index in [0.29, 0.717) is 22.6 Å². The monoisotopic (exact) mass is 347 g/mol. The number of benzene rings is 2. The van der Waals surface area contributed by atoms with Gasteiger partial charge in [-0.15, -0.1) is 0 Å². The van der Waals surface area contributed by atoms with E-state index in [4.69, 9.17) is 9.47 Å². The van der Waals surface area contributed by atoms with Crippen molar-refractivity contribution in [1.82, 2.24) is 4.90 Å². The zero-order chi connectivity index (χ0) is 17.6. The fraction of sp³-hybridized carbons (Fsp3) is 0.278. The molecule has 0 unspecified atom stereocenters. The Balaban J connectivity index is 1.69. The number of carbonyl (C=O) groups is 1. The minimum Gasteiger partial charge on any atom is -0.454 e. The molecule has 0 aliphatic carbocycles. The Morgan fingerprint density at radius 3 is 2.80 bits per heavy atom. The van der Waals surface area contributed by atoms with Gasteiger partial charge in [0.05, 0.1) is 17.7 Å². The van der Waals surface area contributed by atoms with Crippen LogP contribution in [0.25, 0.3) is 0 Å². The summed E-state index contributed by atoms with van der Waals surface area (Å²) < 4.78 is 37.4. The Morgan fingerprint density at radius 2 is 2.00 bits per heavy atom. The van der Waals surface area contributed by atoms with E-state index in [1.54, 1.807) is 18.2 Å². The Hall–Kier alpha value is -2.67. The van der Waals surface area contributed by atoms with Gasteiger partial charge in [0, 0.05) is 6.54 Å². The SMILES string of the molecule is O=C(c1cccc2c1OCO2)N1C[C@H](O)C[C@@H]1c1ccc(F)c(F)c1. The number of amides is 1. The van der Waals surface area contributed by atoms with Gasteiger partial charge >= 0.3 is 0 Å². The van der Waals surface area contributed by atoms with E-state index in [0.717, 1.165) is 12.1 Å². The minimum absolute atomic E-state index is 0.0366. The molecule has 4 rings (SSSR count). The highest BCUT2D eigenvalue weighted by Crippen LogP contribution is 2.39. The van der Waals surface area contributed by atoms with E-state index >= 15 is 0 Å². The molecule has 0 aromatic heterocycles. The number of fused-ring (bicyclic) bond motifs is 1. The number of rotatable bonds is 2. The number of para-hydroxylation sites is 1. The standard InChI is InChI=1S/C18H15F2NO4/c19-13-5-4-10(6-14(13)20)15-7-11(22)8-21(15)18(23)12-2-1-3-16-17(12)25-9-24-16/h1-6,11,15,22H,7-9H2/t11-,15-/m1/s1. The molecule has 7 heteroatoms. The molecule has 2 aromatic rings. The summed E-state index contributed by atoms with van der Waals surface area (Å²) in [6, 6.07) is 7.96. The van der Waals surface area contributed by atoms with Gasteiger partial charge in [-0.05, 0) is 36.2 Å². The largest absolute Gasteiger partial charge is 0.454 e. The van der Waals surface area contributed by atoms with Crippen LogP contribution in [0.1, 0.15) is 28.4 Å². The Morgan fingerprint density at radius 1 is 1.16 bits per heavy atom. The molecule has 2 atom stereocenters. The van der Waals surface area contributed by atoms with Crippen molar-refractivity contribution in [2.45, 2.75) is 18.6 Å². The third kappa shape index (κ3) is 2.70. The van der Waals surface area contributed by atoms with Gasteiger partial charge in [-0.25, -0.2) is 8.78 Å². The maximum Gasteiger partial charge on any atom is 0.258 e. The maximum atomic E-state index is 13.6. The number of carbonyl (C=O) groups excluding carboxylic acids is 1. The highest BCUT2D eigenvalue weighted by Gasteiger charge is 2.37. The van der Waals surface area contributed by atoms with Crippen molar-refractivity contribution in [2.75, 3.05) is 13.3 Å². The summed E-state index contributed by atoms with van der Waals surface area (Å²) in [6.07, 6.45) is -0.487. The van der Waals surface area contributed by atoms with Crippen molar-refractivity contribution in [3.8, 4) is 11.5 Å². The normalized spacial score (nSPS) is 21.6. The van der Waals surface area contributed by atoms with Gasteiger partial charge in [0.25, 0.3) is 5.91 Å². The second kappa shape index (κ2) is 6.00. The first-order chi connectivity index (χ1) is 12.0. The van der Waals surface area contributed by atoms with Gasteiger partial charge in [-0.1, -0.05) is 12.1 Å². The Bertz CT molecular complexity index is 842. The molecule has 1 saturated heterocycles. The number of ether oxygens (including phenoxy) is 2. The van der Waals surface area contributed by atoms with Gasteiger partial charge in [-0.2, -0.15) is 0 Å². The maximum absolute atomic E-state index is 13.6. The first-order valence-electron chi connectivity index (χ1n) is 7.87. The Labute approximate surface area is 142 Å². The van der Waals surface area contributed by atoms with Gasteiger partial charge < -0.3 is 19.5 Å². The number of β-amino-alcohol motifs (C(OH)–C–C–N with tert-alkyl or cyclic N) is 1. The number of hydrogen-bond donors (Lipinski definition) is 1. The number of halogens is 2. The minimum atomic E-state index is -0.983. The molecule has 0 bridgehead atoms. The summed E-state index contributed by atoms with van der Waals surface area (Å²) >= 11 is 0. The van der Waals surface area contributed by atoms with Crippen LogP contribution in [0.4, 0.5) is 8.78 Å². The van der Waals surface area contributed by atoms with Crippen LogP contribution in [0.15, 0.2) is 36.4 Å². The molecule has 0 radical (unpaired) electrons. The van der Waals surface area contributed by atoms with Crippen LogP contribution in [0, 0.1) is 11.6 Å². The molecule has 130 valence electrons. The quantitative estimate of drug-likeness (QED) is 0.907. The van der Waals surface area contributed by atoms with Crippen LogP contribution in [-0.2, 0) is 0 Å². The van der Waals surface area contributed by atoms with E-state index in [9.17, 15) is 18.7 Å². The van der Waals surface area contributed by atoms with Crippen LogP contribution in [0.5, 0.6) is 11.5 Å². The number of hydrogen-bond acceptors (Lipinski definition) is 4. The smallest absolute Gasteiger partial charge is 0.258 e. The molecular weight excluding hydrogens is 332 g/mol. The molecule has 2 aliphatic rings. The number of aliphatic hydroxyl groups is 1. The number of nitrogens with zero attached hydrogens (tertiary/aromatic N) is 1. The van der Waals surface area contributed by atoms with E-state index in [1.165, 1.54) is 11.0 Å². The van der Waals surface area contributed by atoms with Crippen LogP contribution in [0.2, 0.25) is 0 Å². The molecule has 1 amide bonds. The molecule has 2 aliphatic heterocycles. The number of likely N-dealkylation sites (tertiary alicyclic amines) is 1. The lowest BCUT2D eigenvalue weighted by atomic mass is 10.0. The highest BCUT2D eigenvalue weighted by atomic mass is 19.2. The molecule has 0 spiro atoms. The first kappa shape index (κ1) is 15.8. The van der Waals surface area contributed by atoms with Crippen molar-refractivity contribution in [2.24, 2.45) is 0 Å². The van der Waals surface area contributed by atoms with Gasteiger partial charge in [0.1, 0.15) is 0 Å². The van der Waals surface area contributed by atoms with Gasteiger partial charge in [-0.3, -0.25) is 4.79 Å². The predicted octanol–water partition coefficient (Wildman–Crippen LogP) is 2.64. The van der Waals surface area contributed by atoms with E-state index in [1.807, 2.05) is 0 Å². The second-order valence-corrected chi connectivity index (χ2v) is 6.08. The fourth-order valence-electron chi connectivity index (χ4n) is 3.33. The molecule has 25 heavy (non-hydrogen) atoms. The lowest BCUT2D eigenvalue weighted by molar-refractivity contribution is 0.0711. The molecule has 0 saturated carbocycles. The van der Waals surface area contributed by atoms with Crippen LogP contribution in [-0.4, -0.2) is 35.4 Å². The summed E-state index contributed by atoms with van der Waals surface area (Å²) in [6.45, 7) is 0.141. The zero-order valence-electron chi connectivity index (χ0n) is 13.1. The predicted molar refractivity (Wildman–Crippen MR) is 83.3 cm³/mol. The molecule has 2 heterocycles. The lowest BCUT2D eigenvalue weighted by Crippen LogP contribution is -2.32. The molecule has 5 nitrogen and oxygen atoms in total. The van der Waals surface area contributed by atoms with E-state index in [-0.39, 0.29) is 25.7 Å². The zero-order valence-corrected chi connectivity index (χ0v) is 13.1. The summed E-state index contributed by atoms with van der Waals surface area (Å²) in [5.41, 5.74) is 0.755. The summed E-state index contributed by atoms with van der Waals surface area (Å²) in [5, 5.41) is 10.0. The topological polar surface area (TPSA) is 59.0 Å². The molecule has 2 aromatic carbocycles. The van der Waals surface area contributed by atoms with E-state index in [2.05, 4.69) is 0 Å². The van der Waals surface area contributed by atoms with Crippen molar-refractivity contribution >= 4 is 5.91 Å². The van der Waals surface area contributed by atoms with Crippen molar-refractivity contribution in [3.05, 3.63) is 59.2 Å². The summed E-state index contributed by atoms with van der Waals surface area (Å²) in [4.78, 5) is 14.5. The molecule has 1 fully saturated rings. The average Bonchev–Trinajstić information content (AvgIpc) is 3.22. The summed E-state index contributed by atoms with van der Waals surface area (Å²) in [7, 11) is 0. The highest BCUT2D eigenvalue weighted by molar-refractivity contribution is 5.98. The van der Waals surface area contributed by atoms with Crippen molar-refractivity contribution in [3.63, 3.8) is 0 Å². The molecule has 1 N–H and O–H groups in total. The third-order valence-electron chi connectivity index (χ3n) is 4.50. The Kier molecular flexibility index (Phi) is 3.80. The third-order valence-corrected chi connectivity index (χ3v) is 4.50. The van der Waals surface area contributed by atoms with Gasteiger partial charge in [0.15, 0.2) is 23.1 Å². The van der Waals surface area contributed by atoms with Gasteiger partial charge in [0.2, 0.25) is 6.79 Å². The van der Waals surface area contributed by atoms with Crippen LogP contribution < -0.4 is 9.47 Å². The van der Waals surface area contributed by atoms with E-state index < -0.39 is 23.8 Å². The van der Waals surface area contributed by atoms with Crippen LogP contribution >= 0.6 is 0 Å². The first-order valence-corrected chi connectivity index (χ1v) is 7.87. The van der Waals surface area contributed by atoms with Crippen molar-refractivity contribution in [1.29, 1.82) is 0 Å². The van der Waals surface area contributed by atoms with Crippen molar-refractivity contribution < 1.29 is 28.2 Å². The molecular formula is C18H15F2NO4.